The molecule has 4 bridgehead atoms. The number of hydrogen-bond donors (Lipinski definition) is 1. The Morgan fingerprint density at radius 3 is 2.00 bits per heavy atom. The molecule has 1 aliphatic heterocycles. The summed E-state index contributed by atoms with van der Waals surface area (Å²) in [6.45, 7) is 9.14. The minimum Gasteiger partial charge on any atom is -0.389 e. The highest BCUT2D eigenvalue weighted by molar-refractivity contribution is 5.03. The molecule has 4 heteroatoms. The fourth-order valence-electron chi connectivity index (χ4n) is 6.12. The topological polar surface area (TPSA) is 35.9 Å². The first-order valence-electron chi connectivity index (χ1n) is 9.91. The van der Waals surface area contributed by atoms with Gasteiger partial charge in [0.1, 0.15) is 0 Å². The second-order valence-electron chi connectivity index (χ2n) is 8.80. The van der Waals surface area contributed by atoms with Crippen LogP contribution in [0.1, 0.15) is 45.4 Å². The van der Waals surface area contributed by atoms with Gasteiger partial charge in [-0.1, -0.05) is 6.92 Å². The van der Waals surface area contributed by atoms with Crippen LogP contribution in [0.3, 0.4) is 0 Å². The molecule has 5 aliphatic rings. The minimum atomic E-state index is -0.323. The third-order valence-electron chi connectivity index (χ3n) is 6.95. The molecule has 5 rings (SSSR count). The number of nitrogens with zero attached hydrogens (tertiary/aromatic N) is 2. The fourth-order valence-corrected chi connectivity index (χ4v) is 6.12. The summed E-state index contributed by atoms with van der Waals surface area (Å²) >= 11 is 0. The van der Waals surface area contributed by atoms with E-state index in [1.807, 2.05) is 0 Å². The number of likely N-dealkylation sites (N-methyl/N-ethyl adjacent to an activating group) is 1. The molecule has 0 spiro atoms. The number of hydrogen-bond acceptors (Lipinski definition) is 4. The smallest absolute Gasteiger partial charge is 0.0900 e. The van der Waals surface area contributed by atoms with E-state index in [1.54, 1.807) is 0 Å². The first-order valence-corrected chi connectivity index (χ1v) is 9.91. The molecule has 132 valence electrons. The molecule has 4 aliphatic carbocycles. The zero-order valence-corrected chi connectivity index (χ0v) is 14.8. The minimum absolute atomic E-state index is 0.136. The summed E-state index contributed by atoms with van der Waals surface area (Å²) in [5, 5.41) is 10.4. The Morgan fingerprint density at radius 1 is 0.957 bits per heavy atom. The summed E-state index contributed by atoms with van der Waals surface area (Å²) in [7, 11) is 0. The highest BCUT2D eigenvalue weighted by Crippen LogP contribution is 2.57. The third-order valence-corrected chi connectivity index (χ3v) is 6.95. The number of aliphatic hydroxyl groups is 1. The Morgan fingerprint density at radius 2 is 1.48 bits per heavy atom. The van der Waals surface area contributed by atoms with Crippen molar-refractivity contribution in [1.82, 2.24) is 9.80 Å². The van der Waals surface area contributed by atoms with Gasteiger partial charge in [0, 0.05) is 32.7 Å². The van der Waals surface area contributed by atoms with Crippen LogP contribution >= 0.6 is 0 Å². The molecule has 4 nitrogen and oxygen atoms in total. The molecule has 0 aromatic heterocycles. The van der Waals surface area contributed by atoms with Crippen LogP contribution < -0.4 is 0 Å². The van der Waals surface area contributed by atoms with E-state index in [0.717, 1.165) is 57.0 Å². The Bertz CT molecular complexity index is 371. The van der Waals surface area contributed by atoms with E-state index < -0.39 is 0 Å². The predicted molar refractivity (Wildman–Crippen MR) is 91.4 cm³/mol. The maximum Gasteiger partial charge on any atom is 0.0900 e. The largest absolute Gasteiger partial charge is 0.389 e. The van der Waals surface area contributed by atoms with Gasteiger partial charge in [0.25, 0.3) is 0 Å². The van der Waals surface area contributed by atoms with Crippen molar-refractivity contribution in [1.29, 1.82) is 0 Å². The number of β-amino-alcohol motifs (C(OH)–C–C–N with tert-alkyl or cyclic N) is 1. The lowest BCUT2D eigenvalue weighted by Crippen LogP contribution is -2.53. The first kappa shape index (κ1) is 16.3. The van der Waals surface area contributed by atoms with Crippen LogP contribution in [0.15, 0.2) is 0 Å². The average Bonchev–Trinajstić information content (AvgIpc) is 2.53. The zero-order chi connectivity index (χ0) is 15.9. The fraction of sp³-hybridized carbons (Fsp3) is 1.00. The summed E-state index contributed by atoms with van der Waals surface area (Å²) in [6.07, 6.45) is 7.83. The van der Waals surface area contributed by atoms with Crippen molar-refractivity contribution in [2.45, 2.75) is 57.2 Å². The highest BCUT2D eigenvalue weighted by Gasteiger charge is 2.51. The Balaban J connectivity index is 1.23. The quantitative estimate of drug-likeness (QED) is 0.811. The number of aliphatic hydroxyl groups excluding tert-OH is 1. The zero-order valence-electron chi connectivity index (χ0n) is 14.8. The molecule has 0 amide bonds. The Kier molecular flexibility index (Phi) is 4.70. The van der Waals surface area contributed by atoms with Gasteiger partial charge in [-0.25, -0.2) is 0 Å². The summed E-state index contributed by atoms with van der Waals surface area (Å²) in [6, 6.07) is 0. The highest BCUT2D eigenvalue weighted by atomic mass is 16.5. The maximum absolute atomic E-state index is 10.4. The maximum atomic E-state index is 10.4. The van der Waals surface area contributed by atoms with Crippen LogP contribution in [0.25, 0.3) is 0 Å². The van der Waals surface area contributed by atoms with Crippen LogP contribution in [0, 0.1) is 17.8 Å². The molecule has 1 N–H and O–H groups in total. The molecule has 0 unspecified atom stereocenters. The second kappa shape index (κ2) is 6.62. The van der Waals surface area contributed by atoms with Crippen molar-refractivity contribution in [3.8, 4) is 0 Å². The SMILES string of the molecule is CCN1CCN(C[C@H](O)COC23CC4CC(CC(C4)C2)C3)CC1. The molecule has 5 fully saturated rings. The Hall–Kier alpha value is -0.160. The normalized spacial score (nSPS) is 42.3. The van der Waals surface area contributed by atoms with Gasteiger partial charge in [-0.2, -0.15) is 0 Å². The van der Waals surface area contributed by atoms with E-state index in [9.17, 15) is 5.11 Å². The molecule has 23 heavy (non-hydrogen) atoms. The number of rotatable bonds is 6. The van der Waals surface area contributed by atoms with Crippen LogP contribution in [0.5, 0.6) is 0 Å². The average molecular weight is 322 g/mol. The summed E-state index contributed by atoms with van der Waals surface area (Å²) in [5.74, 6) is 2.75. The van der Waals surface area contributed by atoms with Gasteiger partial charge in [-0.15, -0.1) is 0 Å². The van der Waals surface area contributed by atoms with Gasteiger partial charge in [-0.05, 0) is 62.8 Å². The van der Waals surface area contributed by atoms with Gasteiger partial charge >= 0.3 is 0 Å². The van der Waals surface area contributed by atoms with E-state index in [4.69, 9.17) is 4.74 Å². The van der Waals surface area contributed by atoms with Crippen molar-refractivity contribution in [2.75, 3.05) is 45.9 Å². The molecule has 1 saturated heterocycles. The van der Waals surface area contributed by atoms with Gasteiger partial charge < -0.3 is 14.7 Å². The van der Waals surface area contributed by atoms with Crippen LogP contribution in [-0.2, 0) is 4.74 Å². The molecule has 0 aromatic rings. The lowest BCUT2D eigenvalue weighted by molar-refractivity contribution is -0.176. The summed E-state index contributed by atoms with van der Waals surface area (Å²) in [4.78, 5) is 4.88. The van der Waals surface area contributed by atoms with Crippen molar-refractivity contribution < 1.29 is 9.84 Å². The second-order valence-corrected chi connectivity index (χ2v) is 8.80. The third kappa shape index (κ3) is 3.60. The van der Waals surface area contributed by atoms with Gasteiger partial charge in [0.2, 0.25) is 0 Å². The van der Waals surface area contributed by atoms with E-state index in [-0.39, 0.29) is 11.7 Å². The standard InChI is InChI=1S/C19H34N2O2/c1-2-20-3-5-21(6-4-20)13-18(22)14-23-19-10-15-7-16(11-19)9-17(8-15)12-19/h15-18,22H,2-14H2,1H3/t15?,16?,17?,18-,19?/m0/s1. The molecule has 0 aromatic carbocycles. The monoisotopic (exact) mass is 322 g/mol. The van der Waals surface area contributed by atoms with Gasteiger partial charge in [-0.3, -0.25) is 4.90 Å². The van der Waals surface area contributed by atoms with Crippen molar-refractivity contribution in [3.63, 3.8) is 0 Å². The molecule has 4 saturated carbocycles. The van der Waals surface area contributed by atoms with Crippen molar-refractivity contribution >= 4 is 0 Å². The van der Waals surface area contributed by atoms with Crippen LogP contribution in [0.4, 0.5) is 0 Å². The van der Waals surface area contributed by atoms with Crippen LogP contribution in [0.2, 0.25) is 0 Å². The first-order chi connectivity index (χ1) is 11.1. The predicted octanol–water partition coefficient (Wildman–Crippen LogP) is 1.97. The summed E-state index contributed by atoms with van der Waals surface area (Å²) in [5.41, 5.74) is 0.136. The lowest BCUT2D eigenvalue weighted by Gasteiger charge is -2.56. The molecular formula is C19H34N2O2. The Labute approximate surface area is 141 Å². The lowest BCUT2D eigenvalue weighted by atomic mass is 9.54. The van der Waals surface area contributed by atoms with Crippen molar-refractivity contribution in [2.24, 2.45) is 17.8 Å². The molecule has 1 atom stereocenters. The molecule has 0 radical (unpaired) electrons. The van der Waals surface area contributed by atoms with E-state index in [0.29, 0.717) is 6.61 Å². The summed E-state index contributed by atoms with van der Waals surface area (Å²) < 4.78 is 6.40. The van der Waals surface area contributed by atoms with E-state index in [1.165, 1.54) is 38.5 Å². The number of piperazine rings is 1. The number of ether oxygens (including phenoxy) is 1. The van der Waals surface area contributed by atoms with E-state index >= 15 is 0 Å². The van der Waals surface area contributed by atoms with Crippen molar-refractivity contribution in [3.05, 3.63) is 0 Å². The van der Waals surface area contributed by atoms with Crippen LogP contribution in [-0.4, -0.2) is 72.5 Å². The van der Waals surface area contributed by atoms with E-state index in [2.05, 4.69) is 16.7 Å². The molecular weight excluding hydrogens is 288 g/mol. The van der Waals surface area contributed by atoms with Gasteiger partial charge in [0.05, 0.1) is 18.3 Å². The molecule has 1 heterocycles. The van der Waals surface area contributed by atoms with Gasteiger partial charge in [0.15, 0.2) is 0 Å².